The zero-order valence-electron chi connectivity index (χ0n) is 10.8. The molecule has 19 heavy (non-hydrogen) atoms. The van der Waals surface area contributed by atoms with Crippen LogP contribution in [0.2, 0.25) is 5.02 Å². The van der Waals surface area contributed by atoms with Crippen LogP contribution in [0.25, 0.3) is 0 Å². The number of piperazine rings is 1. The third-order valence-electron chi connectivity index (χ3n) is 3.21. The normalized spacial score (nSPS) is 16.5. The lowest BCUT2D eigenvalue weighted by Gasteiger charge is -2.32. The van der Waals surface area contributed by atoms with Crippen LogP contribution >= 0.6 is 27.5 Å². The molecule has 104 valence electrons. The van der Waals surface area contributed by atoms with Crippen molar-refractivity contribution >= 4 is 39.1 Å². The van der Waals surface area contributed by atoms with Crippen LogP contribution in [0.1, 0.15) is 0 Å². The number of anilines is 1. The highest BCUT2D eigenvalue weighted by Crippen LogP contribution is 2.25. The molecule has 0 aromatic heterocycles. The van der Waals surface area contributed by atoms with Gasteiger partial charge < -0.3 is 15.1 Å². The van der Waals surface area contributed by atoms with E-state index in [-0.39, 0.29) is 5.91 Å². The SMILES string of the molecule is CN1CCN(C(=O)CNc2cc(Cl)ccc2Br)CC1. The quantitative estimate of drug-likeness (QED) is 0.912. The predicted octanol–water partition coefficient (Wildman–Crippen LogP) is 2.29. The molecule has 0 aliphatic carbocycles. The first-order valence-corrected chi connectivity index (χ1v) is 7.38. The second kappa shape index (κ2) is 6.59. The van der Waals surface area contributed by atoms with Crippen LogP contribution in [0, 0.1) is 0 Å². The van der Waals surface area contributed by atoms with Crippen LogP contribution in [-0.4, -0.2) is 55.5 Å². The molecule has 4 nitrogen and oxygen atoms in total. The van der Waals surface area contributed by atoms with Crippen LogP contribution in [0.3, 0.4) is 0 Å². The van der Waals surface area contributed by atoms with Gasteiger partial charge in [0.05, 0.1) is 12.2 Å². The largest absolute Gasteiger partial charge is 0.375 e. The summed E-state index contributed by atoms with van der Waals surface area (Å²) in [6.07, 6.45) is 0. The van der Waals surface area contributed by atoms with Gasteiger partial charge in [-0.2, -0.15) is 0 Å². The van der Waals surface area contributed by atoms with Crippen LogP contribution in [0.5, 0.6) is 0 Å². The Bertz CT molecular complexity index is 461. The van der Waals surface area contributed by atoms with E-state index >= 15 is 0 Å². The number of hydrogen-bond donors (Lipinski definition) is 1. The average Bonchev–Trinajstić information content (AvgIpc) is 2.40. The van der Waals surface area contributed by atoms with E-state index in [1.807, 2.05) is 17.0 Å². The lowest BCUT2D eigenvalue weighted by Crippen LogP contribution is -2.48. The molecule has 1 aliphatic heterocycles. The van der Waals surface area contributed by atoms with Crippen molar-refractivity contribution < 1.29 is 4.79 Å². The maximum atomic E-state index is 12.1. The number of rotatable bonds is 3. The first-order chi connectivity index (χ1) is 9.06. The highest BCUT2D eigenvalue weighted by atomic mass is 79.9. The van der Waals surface area contributed by atoms with Gasteiger partial charge in [0.2, 0.25) is 5.91 Å². The maximum Gasteiger partial charge on any atom is 0.241 e. The molecular weight excluding hydrogens is 330 g/mol. The van der Waals surface area contributed by atoms with Crippen molar-refractivity contribution in [2.45, 2.75) is 0 Å². The molecule has 0 bridgehead atoms. The number of halogens is 2. The Morgan fingerprint density at radius 3 is 2.74 bits per heavy atom. The molecule has 0 radical (unpaired) electrons. The van der Waals surface area contributed by atoms with Gasteiger partial charge in [-0.1, -0.05) is 11.6 Å². The van der Waals surface area contributed by atoms with Gasteiger partial charge in [0, 0.05) is 35.7 Å². The molecule has 1 amide bonds. The third-order valence-corrected chi connectivity index (χ3v) is 4.14. The molecule has 0 unspecified atom stereocenters. The summed E-state index contributed by atoms with van der Waals surface area (Å²) in [5.74, 6) is 0.125. The van der Waals surface area contributed by atoms with Crippen LogP contribution in [-0.2, 0) is 4.79 Å². The molecule has 1 saturated heterocycles. The minimum absolute atomic E-state index is 0.125. The molecule has 0 atom stereocenters. The molecule has 1 heterocycles. The second-order valence-corrected chi connectivity index (χ2v) is 5.95. The number of nitrogens with one attached hydrogen (secondary N) is 1. The summed E-state index contributed by atoms with van der Waals surface area (Å²) >= 11 is 9.37. The van der Waals surface area contributed by atoms with E-state index in [2.05, 4.69) is 33.2 Å². The smallest absolute Gasteiger partial charge is 0.241 e. The lowest BCUT2D eigenvalue weighted by atomic mass is 10.3. The third kappa shape index (κ3) is 4.09. The van der Waals surface area contributed by atoms with Crippen molar-refractivity contribution in [2.24, 2.45) is 0 Å². The number of nitrogens with zero attached hydrogens (tertiary/aromatic N) is 2. The standard InChI is InChI=1S/C13H17BrClN3O/c1-17-4-6-18(7-5-17)13(19)9-16-12-8-10(15)2-3-11(12)14/h2-3,8,16H,4-7,9H2,1H3. The Morgan fingerprint density at radius 2 is 2.05 bits per heavy atom. The van der Waals surface area contributed by atoms with Crippen molar-refractivity contribution in [3.8, 4) is 0 Å². The van der Waals surface area contributed by atoms with Crippen molar-refractivity contribution in [1.82, 2.24) is 9.80 Å². The van der Waals surface area contributed by atoms with Gasteiger partial charge in [0.25, 0.3) is 0 Å². The summed E-state index contributed by atoms with van der Waals surface area (Å²) < 4.78 is 0.906. The fourth-order valence-electron chi connectivity index (χ4n) is 1.97. The Balaban J connectivity index is 1.88. The second-order valence-electron chi connectivity index (χ2n) is 4.66. The minimum atomic E-state index is 0.125. The van der Waals surface area contributed by atoms with Crippen molar-refractivity contribution in [1.29, 1.82) is 0 Å². The number of likely N-dealkylation sites (N-methyl/N-ethyl adjacent to an activating group) is 1. The molecule has 2 rings (SSSR count). The van der Waals surface area contributed by atoms with E-state index in [0.717, 1.165) is 36.3 Å². The highest BCUT2D eigenvalue weighted by Gasteiger charge is 2.18. The lowest BCUT2D eigenvalue weighted by molar-refractivity contribution is -0.130. The number of amides is 1. The fourth-order valence-corrected chi connectivity index (χ4v) is 2.53. The van der Waals surface area contributed by atoms with E-state index in [9.17, 15) is 4.79 Å². The van der Waals surface area contributed by atoms with Crippen LogP contribution in [0.4, 0.5) is 5.69 Å². The van der Waals surface area contributed by atoms with E-state index in [1.54, 1.807) is 6.07 Å². The molecule has 1 aromatic carbocycles. The number of hydrogen-bond acceptors (Lipinski definition) is 3. The molecule has 1 N–H and O–H groups in total. The number of carbonyl (C=O) groups excluding carboxylic acids is 1. The van der Waals surface area contributed by atoms with Crippen molar-refractivity contribution in [3.05, 3.63) is 27.7 Å². The first kappa shape index (κ1) is 14.6. The Morgan fingerprint density at radius 1 is 1.37 bits per heavy atom. The summed E-state index contributed by atoms with van der Waals surface area (Å²) in [5.41, 5.74) is 0.843. The zero-order valence-corrected chi connectivity index (χ0v) is 13.2. The zero-order chi connectivity index (χ0) is 13.8. The monoisotopic (exact) mass is 345 g/mol. The van der Waals surface area contributed by atoms with Gasteiger partial charge >= 0.3 is 0 Å². The molecule has 1 aliphatic rings. The van der Waals surface area contributed by atoms with Gasteiger partial charge in [-0.15, -0.1) is 0 Å². The summed E-state index contributed by atoms with van der Waals surface area (Å²) in [4.78, 5) is 16.2. The summed E-state index contributed by atoms with van der Waals surface area (Å²) in [7, 11) is 2.07. The van der Waals surface area contributed by atoms with Crippen LogP contribution in [0.15, 0.2) is 22.7 Å². The summed E-state index contributed by atoms with van der Waals surface area (Å²) in [6.45, 7) is 3.77. The maximum absolute atomic E-state index is 12.1. The number of carbonyl (C=O) groups is 1. The first-order valence-electron chi connectivity index (χ1n) is 6.21. The Hall–Kier alpha value is -0.780. The van der Waals surface area contributed by atoms with Gasteiger partial charge in [-0.25, -0.2) is 0 Å². The van der Waals surface area contributed by atoms with Crippen molar-refractivity contribution in [3.63, 3.8) is 0 Å². The number of benzene rings is 1. The Kier molecular flexibility index (Phi) is 5.07. The Labute approximate surface area is 126 Å². The molecule has 0 saturated carbocycles. The average molecular weight is 347 g/mol. The van der Waals surface area contributed by atoms with Gasteiger partial charge in [0.15, 0.2) is 0 Å². The van der Waals surface area contributed by atoms with E-state index in [0.29, 0.717) is 11.6 Å². The highest BCUT2D eigenvalue weighted by molar-refractivity contribution is 9.10. The topological polar surface area (TPSA) is 35.6 Å². The minimum Gasteiger partial charge on any atom is -0.375 e. The summed E-state index contributed by atoms with van der Waals surface area (Å²) in [6, 6.07) is 5.48. The fraction of sp³-hybridized carbons (Fsp3) is 0.462. The van der Waals surface area contributed by atoms with Crippen molar-refractivity contribution in [2.75, 3.05) is 45.1 Å². The van der Waals surface area contributed by atoms with E-state index < -0.39 is 0 Å². The van der Waals surface area contributed by atoms with E-state index in [1.165, 1.54) is 0 Å². The van der Waals surface area contributed by atoms with Gasteiger partial charge in [-0.3, -0.25) is 4.79 Å². The van der Waals surface area contributed by atoms with Gasteiger partial charge in [-0.05, 0) is 41.2 Å². The molecule has 6 heteroatoms. The van der Waals surface area contributed by atoms with Gasteiger partial charge in [0.1, 0.15) is 0 Å². The molecular formula is C13H17BrClN3O. The molecule has 0 spiro atoms. The molecule has 1 aromatic rings. The summed E-state index contributed by atoms with van der Waals surface area (Å²) in [5, 5.41) is 3.78. The van der Waals surface area contributed by atoms with E-state index in [4.69, 9.17) is 11.6 Å². The molecule has 1 fully saturated rings. The predicted molar refractivity (Wildman–Crippen MR) is 81.7 cm³/mol. The van der Waals surface area contributed by atoms with Crippen LogP contribution < -0.4 is 5.32 Å².